The summed E-state index contributed by atoms with van der Waals surface area (Å²) in [5, 5.41) is 22.2. The SMILES string of the molecule is OCc1ccc(CNC2CCCCC2O)cc1. The molecule has 3 N–H and O–H groups in total. The minimum absolute atomic E-state index is 0.0923. The lowest BCUT2D eigenvalue weighted by atomic mass is 9.92. The van der Waals surface area contributed by atoms with Crippen LogP contribution in [0.1, 0.15) is 36.8 Å². The highest BCUT2D eigenvalue weighted by molar-refractivity contribution is 5.21. The summed E-state index contributed by atoms with van der Waals surface area (Å²) in [6.45, 7) is 0.877. The number of nitrogens with one attached hydrogen (secondary N) is 1. The van der Waals surface area contributed by atoms with Crippen molar-refractivity contribution in [1.29, 1.82) is 0 Å². The second-order valence-corrected chi connectivity index (χ2v) is 4.81. The van der Waals surface area contributed by atoms with E-state index in [-0.39, 0.29) is 18.8 Å². The van der Waals surface area contributed by atoms with Gasteiger partial charge in [0.2, 0.25) is 0 Å². The maximum Gasteiger partial charge on any atom is 0.0693 e. The molecule has 17 heavy (non-hydrogen) atoms. The first-order valence-corrected chi connectivity index (χ1v) is 6.39. The molecule has 2 rings (SSSR count). The summed E-state index contributed by atoms with van der Waals surface area (Å²) < 4.78 is 0. The molecule has 1 aromatic rings. The Balaban J connectivity index is 1.84. The van der Waals surface area contributed by atoms with Gasteiger partial charge >= 0.3 is 0 Å². The largest absolute Gasteiger partial charge is 0.392 e. The number of rotatable bonds is 4. The van der Waals surface area contributed by atoms with Crippen LogP contribution in [-0.4, -0.2) is 22.4 Å². The Morgan fingerprint density at radius 2 is 1.71 bits per heavy atom. The molecular weight excluding hydrogens is 214 g/mol. The molecule has 0 amide bonds. The Morgan fingerprint density at radius 3 is 2.35 bits per heavy atom. The highest BCUT2D eigenvalue weighted by atomic mass is 16.3. The molecule has 0 saturated heterocycles. The maximum absolute atomic E-state index is 9.83. The third-order valence-corrected chi connectivity index (χ3v) is 3.50. The Morgan fingerprint density at radius 1 is 1.06 bits per heavy atom. The third kappa shape index (κ3) is 3.53. The van der Waals surface area contributed by atoms with E-state index in [0.717, 1.165) is 31.4 Å². The topological polar surface area (TPSA) is 52.5 Å². The fourth-order valence-electron chi connectivity index (χ4n) is 2.36. The summed E-state index contributed by atoms with van der Waals surface area (Å²) in [6.07, 6.45) is 4.14. The van der Waals surface area contributed by atoms with E-state index in [0.29, 0.717) is 0 Å². The van der Waals surface area contributed by atoms with Gasteiger partial charge in [0.1, 0.15) is 0 Å². The van der Waals surface area contributed by atoms with Crippen molar-refractivity contribution in [3.63, 3.8) is 0 Å². The summed E-state index contributed by atoms with van der Waals surface area (Å²) in [7, 11) is 0. The van der Waals surface area contributed by atoms with E-state index in [1.54, 1.807) is 0 Å². The molecule has 0 radical (unpaired) electrons. The zero-order valence-corrected chi connectivity index (χ0v) is 10.1. The molecule has 0 aliphatic heterocycles. The van der Waals surface area contributed by atoms with Crippen molar-refractivity contribution in [2.45, 2.75) is 51.0 Å². The van der Waals surface area contributed by atoms with Crippen LogP contribution in [0.25, 0.3) is 0 Å². The molecule has 1 aromatic carbocycles. The van der Waals surface area contributed by atoms with Crippen LogP contribution in [0.4, 0.5) is 0 Å². The van der Waals surface area contributed by atoms with Gasteiger partial charge in [-0.3, -0.25) is 0 Å². The summed E-state index contributed by atoms with van der Waals surface area (Å²) >= 11 is 0. The van der Waals surface area contributed by atoms with E-state index in [1.165, 1.54) is 12.0 Å². The predicted molar refractivity (Wildman–Crippen MR) is 67.5 cm³/mol. The van der Waals surface area contributed by atoms with Gasteiger partial charge in [0.05, 0.1) is 12.7 Å². The first-order valence-electron chi connectivity index (χ1n) is 6.39. The zero-order valence-electron chi connectivity index (χ0n) is 10.1. The quantitative estimate of drug-likeness (QED) is 0.742. The highest BCUT2D eigenvalue weighted by Crippen LogP contribution is 2.18. The highest BCUT2D eigenvalue weighted by Gasteiger charge is 2.21. The average molecular weight is 235 g/mol. The van der Waals surface area contributed by atoms with Crippen molar-refractivity contribution in [2.75, 3.05) is 0 Å². The summed E-state index contributed by atoms with van der Waals surface area (Å²) in [5.41, 5.74) is 2.13. The van der Waals surface area contributed by atoms with Crippen LogP contribution in [0.5, 0.6) is 0 Å². The third-order valence-electron chi connectivity index (χ3n) is 3.50. The van der Waals surface area contributed by atoms with Crippen molar-refractivity contribution in [3.05, 3.63) is 35.4 Å². The molecule has 1 aliphatic rings. The van der Waals surface area contributed by atoms with E-state index in [4.69, 9.17) is 5.11 Å². The molecule has 3 heteroatoms. The molecule has 94 valence electrons. The van der Waals surface area contributed by atoms with Gasteiger partial charge in [-0.15, -0.1) is 0 Å². The van der Waals surface area contributed by atoms with Gasteiger partial charge in [0.15, 0.2) is 0 Å². The average Bonchev–Trinajstić information content (AvgIpc) is 2.38. The van der Waals surface area contributed by atoms with Crippen molar-refractivity contribution >= 4 is 0 Å². The number of hydrogen-bond donors (Lipinski definition) is 3. The van der Waals surface area contributed by atoms with Crippen LogP contribution < -0.4 is 5.32 Å². The molecule has 0 bridgehead atoms. The van der Waals surface area contributed by atoms with Crippen LogP contribution in [0.15, 0.2) is 24.3 Å². The number of hydrogen-bond acceptors (Lipinski definition) is 3. The Hall–Kier alpha value is -0.900. The van der Waals surface area contributed by atoms with Crippen LogP contribution >= 0.6 is 0 Å². The van der Waals surface area contributed by atoms with Crippen molar-refractivity contribution in [2.24, 2.45) is 0 Å². The summed E-state index contributed by atoms with van der Waals surface area (Å²) in [6, 6.07) is 8.16. The molecule has 2 atom stereocenters. The molecule has 0 spiro atoms. The molecule has 3 nitrogen and oxygen atoms in total. The second kappa shape index (κ2) is 6.15. The Labute approximate surface area is 102 Å². The number of aliphatic hydroxyl groups is 2. The lowest BCUT2D eigenvalue weighted by Gasteiger charge is -2.28. The molecule has 0 heterocycles. The fourth-order valence-corrected chi connectivity index (χ4v) is 2.36. The normalized spacial score (nSPS) is 24.8. The Bertz CT molecular complexity index is 337. The molecule has 1 saturated carbocycles. The molecule has 2 unspecified atom stereocenters. The van der Waals surface area contributed by atoms with Crippen molar-refractivity contribution in [3.8, 4) is 0 Å². The van der Waals surface area contributed by atoms with Gasteiger partial charge in [-0.1, -0.05) is 37.1 Å². The van der Waals surface area contributed by atoms with Crippen molar-refractivity contribution < 1.29 is 10.2 Å². The van der Waals surface area contributed by atoms with Crippen LogP contribution in [0, 0.1) is 0 Å². The smallest absolute Gasteiger partial charge is 0.0693 e. The number of aliphatic hydroxyl groups excluding tert-OH is 2. The maximum atomic E-state index is 9.83. The first-order chi connectivity index (χ1) is 8.29. The van der Waals surface area contributed by atoms with E-state index >= 15 is 0 Å². The van der Waals surface area contributed by atoms with Gasteiger partial charge in [-0.2, -0.15) is 0 Å². The summed E-state index contributed by atoms with van der Waals surface area (Å²) in [5.74, 6) is 0. The first kappa shape index (κ1) is 12.6. The molecule has 1 fully saturated rings. The van der Waals surface area contributed by atoms with Gasteiger partial charge in [0, 0.05) is 12.6 Å². The van der Waals surface area contributed by atoms with Gasteiger partial charge in [-0.05, 0) is 24.0 Å². The monoisotopic (exact) mass is 235 g/mol. The molecule has 0 aromatic heterocycles. The van der Waals surface area contributed by atoms with Gasteiger partial charge < -0.3 is 15.5 Å². The Kier molecular flexibility index (Phi) is 4.54. The minimum atomic E-state index is -0.194. The predicted octanol–water partition coefficient (Wildman–Crippen LogP) is 1.57. The van der Waals surface area contributed by atoms with E-state index in [9.17, 15) is 5.11 Å². The molecular formula is C14H21NO2. The second-order valence-electron chi connectivity index (χ2n) is 4.81. The lowest BCUT2D eigenvalue weighted by molar-refractivity contribution is 0.0902. The fraction of sp³-hybridized carbons (Fsp3) is 0.571. The van der Waals surface area contributed by atoms with Crippen LogP contribution in [0.2, 0.25) is 0 Å². The van der Waals surface area contributed by atoms with Gasteiger partial charge in [0.25, 0.3) is 0 Å². The lowest BCUT2D eigenvalue weighted by Crippen LogP contribution is -2.41. The standard InChI is InChI=1S/C14H21NO2/c16-10-12-7-5-11(6-8-12)9-15-13-3-1-2-4-14(13)17/h5-8,13-17H,1-4,9-10H2. The summed E-state index contributed by atoms with van der Waals surface area (Å²) in [4.78, 5) is 0. The number of benzene rings is 1. The minimum Gasteiger partial charge on any atom is -0.392 e. The van der Waals surface area contributed by atoms with Crippen molar-refractivity contribution in [1.82, 2.24) is 5.32 Å². The van der Waals surface area contributed by atoms with Crippen LogP contribution in [0.3, 0.4) is 0 Å². The van der Waals surface area contributed by atoms with Crippen LogP contribution in [-0.2, 0) is 13.2 Å². The molecule has 1 aliphatic carbocycles. The van der Waals surface area contributed by atoms with E-state index < -0.39 is 0 Å². The zero-order chi connectivity index (χ0) is 12.1. The van der Waals surface area contributed by atoms with Gasteiger partial charge in [-0.25, -0.2) is 0 Å². The van der Waals surface area contributed by atoms with E-state index in [1.807, 2.05) is 24.3 Å². The van der Waals surface area contributed by atoms with E-state index in [2.05, 4.69) is 5.32 Å².